The van der Waals surface area contributed by atoms with E-state index in [4.69, 9.17) is 4.74 Å². The molecule has 0 bridgehead atoms. The summed E-state index contributed by atoms with van der Waals surface area (Å²) in [5.74, 6) is -3.60. The topological polar surface area (TPSA) is 9.23 Å². The Balaban J connectivity index is 2.36. The van der Waals surface area contributed by atoms with Gasteiger partial charge in [-0.15, -0.1) is 0 Å². The molecule has 2 rings (SSSR count). The highest BCUT2D eigenvalue weighted by atomic mass is 19.3. The molecule has 14 heavy (non-hydrogen) atoms. The van der Waals surface area contributed by atoms with E-state index >= 15 is 0 Å². The van der Waals surface area contributed by atoms with Crippen LogP contribution in [0.3, 0.4) is 0 Å². The Kier molecular flexibility index (Phi) is 2.23. The van der Waals surface area contributed by atoms with Gasteiger partial charge in [0.1, 0.15) is 11.9 Å². The fourth-order valence-corrected chi connectivity index (χ4v) is 1.57. The average molecular weight is 202 g/mol. The summed E-state index contributed by atoms with van der Waals surface area (Å²) in [6.07, 6.45) is -1.77. The smallest absolute Gasteiger partial charge is 0.280 e. The summed E-state index contributed by atoms with van der Waals surface area (Å²) in [6.45, 7) is -0.0218. The van der Waals surface area contributed by atoms with Crippen molar-refractivity contribution in [2.24, 2.45) is 0 Å². The van der Waals surface area contributed by atoms with Crippen molar-refractivity contribution in [1.29, 1.82) is 0 Å². The standard InChI is InChI=1S/C10H9F3O/c11-8-4-2-1-3-7(8)9-10(12,13)5-6-14-9/h1-4,9H,5-6H2. The second-order valence-electron chi connectivity index (χ2n) is 3.28. The summed E-state index contributed by atoms with van der Waals surface area (Å²) in [6, 6.07) is 5.48. The molecule has 0 saturated carbocycles. The minimum absolute atomic E-state index is 0.0218. The number of ether oxygens (including phenoxy) is 1. The third kappa shape index (κ3) is 1.50. The molecule has 76 valence electrons. The van der Waals surface area contributed by atoms with Gasteiger partial charge in [-0.25, -0.2) is 13.2 Å². The maximum absolute atomic E-state index is 13.2. The Morgan fingerprint density at radius 2 is 2.00 bits per heavy atom. The van der Waals surface area contributed by atoms with Crippen molar-refractivity contribution in [1.82, 2.24) is 0 Å². The predicted molar refractivity (Wildman–Crippen MR) is 44.7 cm³/mol. The molecule has 0 aromatic heterocycles. The molecule has 1 nitrogen and oxygen atoms in total. The number of hydrogen-bond donors (Lipinski definition) is 0. The van der Waals surface area contributed by atoms with Gasteiger partial charge in [0.15, 0.2) is 0 Å². The fraction of sp³-hybridized carbons (Fsp3) is 0.400. The first-order valence-corrected chi connectivity index (χ1v) is 4.35. The molecule has 0 N–H and O–H groups in total. The summed E-state index contributed by atoms with van der Waals surface area (Å²) >= 11 is 0. The fourth-order valence-electron chi connectivity index (χ4n) is 1.57. The summed E-state index contributed by atoms with van der Waals surface area (Å²) in [4.78, 5) is 0. The first kappa shape index (κ1) is 9.52. The van der Waals surface area contributed by atoms with E-state index in [9.17, 15) is 13.2 Å². The van der Waals surface area contributed by atoms with Crippen LogP contribution in [0.2, 0.25) is 0 Å². The molecule has 0 radical (unpaired) electrons. The van der Waals surface area contributed by atoms with Crippen LogP contribution in [-0.2, 0) is 4.74 Å². The quantitative estimate of drug-likeness (QED) is 0.680. The monoisotopic (exact) mass is 202 g/mol. The molecule has 1 aliphatic heterocycles. The number of benzene rings is 1. The number of alkyl halides is 2. The van der Waals surface area contributed by atoms with E-state index in [2.05, 4.69) is 0 Å². The zero-order valence-corrected chi connectivity index (χ0v) is 7.34. The molecule has 4 heteroatoms. The zero-order valence-electron chi connectivity index (χ0n) is 7.34. The Labute approximate surface area is 79.5 Å². The second-order valence-corrected chi connectivity index (χ2v) is 3.28. The van der Waals surface area contributed by atoms with E-state index in [1.807, 2.05) is 0 Å². The van der Waals surface area contributed by atoms with Gasteiger partial charge in [-0.3, -0.25) is 0 Å². The van der Waals surface area contributed by atoms with Crippen LogP contribution in [0.4, 0.5) is 13.2 Å². The van der Waals surface area contributed by atoms with Crippen molar-refractivity contribution in [3.05, 3.63) is 35.6 Å². The molecule has 0 amide bonds. The molecular formula is C10H9F3O. The lowest BCUT2D eigenvalue weighted by atomic mass is 10.0. The molecule has 1 unspecified atom stereocenters. The van der Waals surface area contributed by atoms with Gasteiger partial charge in [-0.1, -0.05) is 18.2 Å². The van der Waals surface area contributed by atoms with E-state index in [1.54, 1.807) is 0 Å². The molecule has 1 aromatic rings. The van der Waals surface area contributed by atoms with E-state index in [0.717, 1.165) is 6.07 Å². The van der Waals surface area contributed by atoms with Crippen molar-refractivity contribution in [2.45, 2.75) is 18.4 Å². The average Bonchev–Trinajstić information content (AvgIpc) is 2.46. The van der Waals surface area contributed by atoms with Crippen molar-refractivity contribution >= 4 is 0 Å². The minimum atomic E-state index is -2.96. The summed E-state index contributed by atoms with van der Waals surface area (Å²) in [7, 11) is 0. The van der Waals surface area contributed by atoms with E-state index < -0.39 is 17.8 Å². The lowest BCUT2D eigenvalue weighted by Gasteiger charge is -2.18. The van der Waals surface area contributed by atoms with Crippen LogP contribution in [-0.4, -0.2) is 12.5 Å². The highest BCUT2D eigenvalue weighted by Crippen LogP contribution is 2.42. The van der Waals surface area contributed by atoms with Crippen molar-refractivity contribution in [3.8, 4) is 0 Å². The summed E-state index contributed by atoms with van der Waals surface area (Å²) in [5.41, 5.74) is -0.0602. The lowest BCUT2D eigenvalue weighted by molar-refractivity contribution is -0.0712. The molecule has 1 fully saturated rings. The van der Waals surface area contributed by atoms with Gasteiger partial charge in [0, 0.05) is 12.0 Å². The molecule has 1 aromatic carbocycles. The number of rotatable bonds is 1. The molecule has 1 atom stereocenters. The summed E-state index contributed by atoms with van der Waals surface area (Å²) in [5, 5.41) is 0. The third-order valence-electron chi connectivity index (χ3n) is 2.29. The highest BCUT2D eigenvalue weighted by Gasteiger charge is 2.47. The van der Waals surface area contributed by atoms with E-state index in [0.29, 0.717) is 0 Å². The van der Waals surface area contributed by atoms with Gasteiger partial charge in [0.05, 0.1) is 6.61 Å². The largest absolute Gasteiger partial charge is 0.367 e. The SMILES string of the molecule is Fc1ccccc1C1OCCC1(F)F. The molecule has 1 aliphatic rings. The van der Waals surface area contributed by atoms with Crippen molar-refractivity contribution in [2.75, 3.05) is 6.61 Å². The van der Waals surface area contributed by atoms with Crippen LogP contribution in [0.5, 0.6) is 0 Å². The number of hydrogen-bond acceptors (Lipinski definition) is 1. The van der Waals surface area contributed by atoms with Gasteiger partial charge < -0.3 is 4.74 Å². The normalized spacial score (nSPS) is 25.2. The van der Waals surface area contributed by atoms with E-state index in [-0.39, 0.29) is 18.6 Å². The van der Waals surface area contributed by atoms with Gasteiger partial charge in [0.2, 0.25) is 0 Å². The van der Waals surface area contributed by atoms with Crippen LogP contribution >= 0.6 is 0 Å². The second kappa shape index (κ2) is 3.28. The maximum Gasteiger partial charge on any atom is 0.280 e. The Hall–Kier alpha value is -1.03. The van der Waals surface area contributed by atoms with Gasteiger partial charge in [-0.05, 0) is 6.07 Å². The molecule has 0 spiro atoms. The lowest BCUT2D eigenvalue weighted by Crippen LogP contribution is -2.21. The minimum Gasteiger partial charge on any atom is -0.367 e. The van der Waals surface area contributed by atoms with E-state index in [1.165, 1.54) is 18.2 Å². The van der Waals surface area contributed by atoms with Crippen molar-refractivity contribution in [3.63, 3.8) is 0 Å². The first-order chi connectivity index (χ1) is 6.61. The van der Waals surface area contributed by atoms with Gasteiger partial charge in [0.25, 0.3) is 5.92 Å². The Morgan fingerprint density at radius 1 is 1.29 bits per heavy atom. The Bertz CT molecular complexity index is 338. The first-order valence-electron chi connectivity index (χ1n) is 4.35. The molecule has 1 saturated heterocycles. The molecule has 0 aliphatic carbocycles. The van der Waals surface area contributed by atoms with Gasteiger partial charge >= 0.3 is 0 Å². The highest BCUT2D eigenvalue weighted by molar-refractivity contribution is 5.22. The zero-order chi connectivity index (χ0) is 10.2. The van der Waals surface area contributed by atoms with Gasteiger partial charge in [-0.2, -0.15) is 0 Å². The van der Waals surface area contributed by atoms with Crippen LogP contribution in [0.1, 0.15) is 18.1 Å². The Morgan fingerprint density at radius 3 is 2.57 bits per heavy atom. The van der Waals surface area contributed by atoms with Crippen LogP contribution in [0, 0.1) is 5.82 Å². The van der Waals surface area contributed by atoms with Crippen LogP contribution < -0.4 is 0 Å². The van der Waals surface area contributed by atoms with Crippen LogP contribution in [0.15, 0.2) is 24.3 Å². The molecular weight excluding hydrogens is 193 g/mol. The number of halogens is 3. The summed E-state index contributed by atoms with van der Waals surface area (Å²) < 4.78 is 44.4. The van der Waals surface area contributed by atoms with Crippen molar-refractivity contribution < 1.29 is 17.9 Å². The maximum atomic E-state index is 13.2. The predicted octanol–water partition coefficient (Wildman–Crippen LogP) is 2.92. The third-order valence-corrected chi connectivity index (χ3v) is 2.29. The van der Waals surface area contributed by atoms with Crippen LogP contribution in [0.25, 0.3) is 0 Å². The molecule has 1 heterocycles.